The molecule has 4 rings (SSSR count). The molecule has 0 bridgehead atoms. The summed E-state index contributed by atoms with van der Waals surface area (Å²) >= 11 is 0. The zero-order valence-electron chi connectivity index (χ0n) is 17.7. The van der Waals surface area contributed by atoms with Crippen LogP contribution in [0.4, 0.5) is 16.2 Å². The van der Waals surface area contributed by atoms with Gasteiger partial charge in [0.1, 0.15) is 0 Å². The average molecular weight is 403 g/mol. The van der Waals surface area contributed by atoms with E-state index in [1.54, 1.807) is 0 Å². The highest BCUT2D eigenvalue weighted by molar-refractivity contribution is 5.96. The maximum atomic E-state index is 12.5. The molecule has 1 fully saturated rings. The molecule has 0 saturated heterocycles. The molecule has 1 aliphatic rings. The van der Waals surface area contributed by atoms with Crippen molar-refractivity contribution >= 4 is 28.3 Å². The Labute approximate surface area is 178 Å². The van der Waals surface area contributed by atoms with Crippen LogP contribution in [0.5, 0.6) is 0 Å². The van der Waals surface area contributed by atoms with Crippen LogP contribution in [0.1, 0.15) is 62.6 Å². The van der Waals surface area contributed by atoms with Crippen LogP contribution in [0, 0.1) is 0 Å². The van der Waals surface area contributed by atoms with Crippen LogP contribution in [0.15, 0.2) is 54.6 Å². The van der Waals surface area contributed by atoms with Crippen molar-refractivity contribution in [2.75, 3.05) is 11.1 Å². The first-order valence-corrected chi connectivity index (χ1v) is 10.8. The molecule has 2 aromatic carbocycles. The van der Waals surface area contributed by atoms with E-state index < -0.39 is 0 Å². The van der Waals surface area contributed by atoms with E-state index >= 15 is 0 Å². The lowest BCUT2D eigenvalue weighted by molar-refractivity contribution is 0.242. The zero-order valence-corrected chi connectivity index (χ0v) is 17.7. The van der Waals surface area contributed by atoms with Gasteiger partial charge in [0, 0.05) is 28.5 Å². The van der Waals surface area contributed by atoms with E-state index in [-0.39, 0.29) is 12.1 Å². The van der Waals surface area contributed by atoms with Crippen molar-refractivity contribution in [3.8, 4) is 0 Å². The van der Waals surface area contributed by atoms with Crippen molar-refractivity contribution in [3.05, 3.63) is 65.9 Å². The Bertz CT molecular complexity index is 1020. The Kier molecular flexibility index (Phi) is 5.88. The quantitative estimate of drug-likeness (QED) is 0.517. The monoisotopic (exact) mass is 402 g/mol. The molecule has 4 N–H and O–H groups in total. The molecule has 0 aliphatic heterocycles. The summed E-state index contributed by atoms with van der Waals surface area (Å²) in [5, 5.41) is 6.95. The van der Waals surface area contributed by atoms with Crippen molar-refractivity contribution < 1.29 is 4.79 Å². The highest BCUT2D eigenvalue weighted by Crippen LogP contribution is 2.33. The fourth-order valence-electron chi connectivity index (χ4n) is 4.30. The van der Waals surface area contributed by atoms with Crippen LogP contribution in [-0.2, 0) is 0 Å². The molecule has 5 heteroatoms. The fraction of sp³-hybridized carbons (Fsp3) is 0.360. The van der Waals surface area contributed by atoms with Crippen molar-refractivity contribution in [2.45, 2.75) is 57.4 Å². The third-order valence-corrected chi connectivity index (χ3v) is 6.04. The van der Waals surface area contributed by atoms with E-state index in [2.05, 4.69) is 59.8 Å². The maximum absolute atomic E-state index is 12.5. The number of nitrogen functional groups attached to an aromatic ring is 1. The highest BCUT2D eigenvalue weighted by atomic mass is 16.2. The van der Waals surface area contributed by atoms with Gasteiger partial charge in [0.25, 0.3) is 0 Å². The lowest BCUT2D eigenvalue weighted by atomic mass is 9.82. The second-order valence-electron chi connectivity index (χ2n) is 8.58. The summed E-state index contributed by atoms with van der Waals surface area (Å²) in [5.74, 6) is 0.913. The molecule has 0 unspecified atom stereocenters. The Morgan fingerprint density at radius 3 is 2.47 bits per heavy atom. The third-order valence-electron chi connectivity index (χ3n) is 6.04. The number of carbonyl (C=O) groups excluding carboxylic acids is 1. The van der Waals surface area contributed by atoms with Gasteiger partial charge in [0.15, 0.2) is 0 Å². The minimum absolute atomic E-state index is 0.164. The van der Waals surface area contributed by atoms with Crippen LogP contribution < -0.4 is 16.4 Å². The Balaban J connectivity index is 1.36. The molecule has 5 nitrogen and oxygen atoms in total. The molecule has 3 aromatic rings. The number of hydrogen-bond donors (Lipinski definition) is 3. The summed E-state index contributed by atoms with van der Waals surface area (Å²) < 4.78 is 0. The molecule has 0 spiro atoms. The van der Waals surface area contributed by atoms with Gasteiger partial charge in [0.2, 0.25) is 0 Å². The molecule has 30 heavy (non-hydrogen) atoms. The minimum Gasteiger partial charge on any atom is -0.398 e. The Morgan fingerprint density at radius 1 is 1.03 bits per heavy atom. The fourth-order valence-corrected chi connectivity index (χ4v) is 4.30. The number of pyridine rings is 1. The predicted octanol–water partition coefficient (Wildman–Crippen LogP) is 5.79. The lowest BCUT2D eigenvalue weighted by Crippen LogP contribution is -2.39. The van der Waals surface area contributed by atoms with Gasteiger partial charge in [-0.25, -0.2) is 4.79 Å². The molecule has 1 heterocycles. The SMILES string of the molecule is CC(C)c1cc(N)c2cc(NC(=O)NC3CCC(c4ccccc4)CC3)ccc2n1. The largest absolute Gasteiger partial charge is 0.398 e. The van der Waals surface area contributed by atoms with Gasteiger partial charge in [-0.05, 0) is 67.3 Å². The highest BCUT2D eigenvalue weighted by Gasteiger charge is 2.23. The van der Waals surface area contributed by atoms with Gasteiger partial charge in [-0.2, -0.15) is 0 Å². The molecular weight excluding hydrogens is 372 g/mol. The van der Waals surface area contributed by atoms with E-state index in [9.17, 15) is 4.79 Å². The van der Waals surface area contributed by atoms with Crippen LogP contribution in [-0.4, -0.2) is 17.1 Å². The van der Waals surface area contributed by atoms with E-state index in [1.165, 1.54) is 5.56 Å². The van der Waals surface area contributed by atoms with E-state index in [0.29, 0.717) is 17.5 Å². The van der Waals surface area contributed by atoms with Gasteiger partial charge in [-0.3, -0.25) is 4.98 Å². The van der Waals surface area contributed by atoms with Crippen molar-refractivity contribution in [1.82, 2.24) is 10.3 Å². The first kappa shape index (κ1) is 20.2. The molecule has 1 aromatic heterocycles. The number of urea groups is 1. The summed E-state index contributed by atoms with van der Waals surface area (Å²) in [5.41, 5.74) is 10.9. The lowest BCUT2D eigenvalue weighted by Gasteiger charge is -2.29. The van der Waals surface area contributed by atoms with Gasteiger partial charge in [-0.1, -0.05) is 44.2 Å². The normalized spacial score (nSPS) is 19.0. The Morgan fingerprint density at radius 2 is 1.77 bits per heavy atom. The van der Waals surface area contributed by atoms with E-state index in [1.807, 2.05) is 24.3 Å². The summed E-state index contributed by atoms with van der Waals surface area (Å²) in [4.78, 5) is 17.2. The number of rotatable bonds is 4. The zero-order chi connectivity index (χ0) is 21.1. The number of aromatic nitrogens is 1. The number of nitrogens with one attached hydrogen (secondary N) is 2. The summed E-state index contributed by atoms with van der Waals surface area (Å²) in [6.07, 6.45) is 4.20. The average Bonchev–Trinajstić information content (AvgIpc) is 2.75. The first-order chi connectivity index (χ1) is 14.5. The van der Waals surface area contributed by atoms with Crippen molar-refractivity contribution in [2.24, 2.45) is 0 Å². The minimum atomic E-state index is -0.164. The number of anilines is 2. The summed E-state index contributed by atoms with van der Waals surface area (Å²) in [7, 11) is 0. The molecule has 0 radical (unpaired) electrons. The summed E-state index contributed by atoms with van der Waals surface area (Å²) in [6, 6.07) is 18.3. The van der Waals surface area contributed by atoms with Gasteiger partial charge in [-0.15, -0.1) is 0 Å². The maximum Gasteiger partial charge on any atom is 0.319 e. The smallest absolute Gasteiger partial charge is 0.319 e. The van der Waals surface area contributed by atoms with E-state index in [4.69, 9.17) is 5.73 Å². The number of fused-ring (bicyclic) bond motifs is 1. The van der Waals surface area contributed by atoms with E-state index in [0.717, 1.165) is 48.0 Å². The van der Waals surface area contributed by atoms with Crippen LogP contribution in [0.25, 0.3) is 10.9 Å². The second kappa shape index (κ2) is 8.74. The van der Waals surface area contributed by atoms with Crippen LogP contribution >= 0.6 is 0 Å². The number of nitrogens with zero attached hydrogens (tertiary/aromatic N) is 1. The van der Waals surface area contributed by atoms with Crippen LogP contribution in [0.2, 0.25) is 0 Å². The predicted molar refractivity (Wildman–Crippen MR) is 124 cm³/mol. The van der Waals surface area contributed by atoms with Gasteiger partial charge in [0.05, 0.1) is 5.52 Å². The topological polar surface area (TPSA) is 80.0 Å². The molecule has 156 valence electrons. The van der Waals surface area contributed by atoms with Gasteiger partial charge < -0.3 is 16.4 Å². The second-order valence-corrected chi connectivity index (χ2v) is 8.58. The number of amides is 2. The number of nitrogens with two attached hydrogens (primary N) is 1. The molecule has 0 atom stereocenters. The third kappa shape index (κ3) is 4.56. The molecule has 1 saturated carbocycles. The van der Waals surface area contributed by atoms with Gasteiger partial charge >= 0.3 is 6.03 Å². The molecule has 1 aliphatic carbocycles. The number of carbonyl (C=O) groups is 1. The number of hydrogen-bond acceptors (Lipinski definition) is 3. The molecule has 2 amide bonds. The van der Waals surface area contributed by atoms with Crippen molar-refractivity contribution in [3.63, 3.8) is 0 Å². The summed E-state index contributed by atoms with van der Waals surface area (Å²) in [6.45, 7) is 4.20. The number of benzene rings is 2. The van der Waals surface area contributed by atoms with Crippen LogP contribution in [0.3, 0.4) is 0 Å². The van der Waals surface area contributed by atoms with Crippen molar-refractivity contribution in [1.29, 1.82) is 0 Å². The standard InChI is InChI=1S/C25H30N4O/c1-16(2)24-15-22(26)21-14-20(12-13-23(21)29-24)28-25(30)27-19-10-8-18(9-11-19)17-6-4-3-5-7-17/h3-7,12-16,18-19H,8-11H2,1-2H3,(H2,26,29)(H2,27,28,30). The Hall–Kier alpha value is -3.08. The molecular formula is C25H30N4O. The first-order valence-electron chi connectivity index (χ1n) is 10.8.